The number of carbonyl (C=O) groups excluding carboxylic acids is 1. The number of aromatic amines is 1. The summed E-state index contributed by atoms with van der Waals surface area (Å²) in [5.74, 6) is 0.405. The van der Waals surface area contributed by atoms with Crippen LogP contribution in [0.4, 0.5) is 0 Å². The minimum Gasteiger partial charge on any atom is -0.508 e. The number of H-pyrrole nitrogens is 1. The van der Waals surface area contributed by atoms with Gasteiger partial charge in [0, 0.05) is 29.3 Å². The lowest BCUT2D eigenvalue weighted by Gasteiger charge is -2.60. The second-order valence-corrected chi connectivity index (χ2v) is 9.21. The van der Waals surface area contributed by atoms with Gasteiger partial charge in [-0.05, 0) is 54.7 Å². The van der Waals surface area contributed by atoms with Gasteiger partial charge in [-0.1, -0.05) is 32.9 Å². The van der Waals surface area contributed by atoms with Gasteiger partial charge in [0.05, 0.1) is 0 Å². The van der Waals surface area contributed by atoms with Gasteiger partial charge in [0.25, 0.3) is 5.91 Å². The third kappa shape index (κ3) is 2.05. The van der Waals surface area contributed by atoms with Crippen molar-refractivity contribution in [2.45, 2.75) is 64.3 Å². The van der Waals surface area contributed by atoms with Crippen LogP contribution in [-0.2, 0) is 24.7 Å². The molecule has 2 aromatic rings. The summed E-state index contributed by atoms with van der Waals surface area (Å²) in [4.78, 5) is 15.5. The first-order valence-electron chi connectivity index (χ1n) is 10.0. The number of rotatable bonds is 1. The Bertz CT molecular complexity index is 945. The zero-order valence-corrected chi connectivity index (χ0v) is 16.3. The number of nitrogens with one attached hydrogen (secondary N) is 1. The molecule has 5 nitrogen and oxygen atoms in total. The van der Waals surface area contributed by atoms with Crippen LogP contribution in [0.3, 0.4) is 0 Å². The highest BCUT2D eigenvalue weighted by molar-refractivity contribution is 5.94. The van der Waals surface area contributed by atoms with Crippen molar-refractivity contribution in [1.29, 1.82) is 0 Å². The van der Waals surface area contributed by atoms with E-state index in [9.17, 15) is 9.90 Å². The molecule has 2 aliphatic carbocycles. The molecule has 2 heterocycles. The molecule has 2 bridgehead atoms. The minimum atomic E-state index is -0.0822. The lowest BCUT2D eigenvalue weighted by molar-refractivity contribution is -0.0269. The van der Waals surface area contributed by atoms with Crippen LogP contribution in [0.25, 0.3) is 0 Å². The topological polar surface area (TPSA) is 69.2 Å². The summed E-state index contributed by atoms with van der Waals surface area (Å²) in [6.07, 6.45) is 4.62. The second kappa shape index (κ2) is 5.37. The van der Waals surface area contributed by atoms with Crippen molar-refractivity contribution in [3.05, 3.63) is 46.3 Å². The molecule has 142 valence electrons. The number of carbonyl (C=O) groups is 1. The normalized spacial score (nSPS) is 28.0. The van der Waals surface area contributed by atoms with E-state index >= 15 is 0 Å². The van der Waals surface area contributed by atoms with E-state index in [-0.39, 0.29) is 22.8 Å². The molecule has 5 rings (SSSR count). The van der Waals surface area contributed by atoms with Gasteiger partial charge in [0.1, 0.15) is 5.75 Å². The maximum Gasteiger partial charge on any atom is 0.274 e. The lowest BCUT2D eigenvalue weighted by atomic mass is 9.51. The number of aromatic nitrogens is 2. The first-order valence-corrected chi connectivity index (χ1v) is 10.0. The Morgan fingerprint density at radius 3 is 2.89 bits per heavy atom. The summed E-state index contributed by atoms with van der Waals surface area (Å²) in [6.45, 7) is 7.59. The summed E-state index contributed by atoms with van der Waals surface area (Å²) < 4.78 is 0. The van der Waals surface area contributed by atoms with Crippen molar-refractivity contribution in [3.63, 3.8) is 0 Å². The van der Waals surface area contributed by atoms with Gasteiger partial charge < -0.3 is 10.0 Å². The van der Waals surface area contributed by atoms with Gasteiger partial charge in [0.2, 0.25) is 0 Å². The third-order valence-electron chi connectivity index (χ3n) is 7.90. The van der Waals surface area contributed by atoms with Crippen molar-refractivity contribution in [1.82, 2.24) is 15.1 Å². The number of phenolic OH excluding ortho intramolecular Hbond substituents is 1. The largest absolute Gasteiger partial charge is 0.508 e. The van der Waals surface area contributed by atoms with Crippen LogP contribution in [0, 0.1) is 5.41 Å². The van der Waals surface area contributed by atoms with E-state index < -0.39 is 0 Å². The molecule has 0 radical (unpaired) electrons. The Hall–Kier alpha value is -2.30. The molecule has 1 aromatic heterocycles. The third-order valence-corrected chi connectivity index (χ3v) is 7.90. The average molecular weight is 365 g/mol. The fourth-order valence-corrected chi connectivity index (χ4v) is 5.80. The molecule has 2 N–H and O–H groups in total. The maximum atomic E-state index is 13.5. The Labute approximate surface area is 159 Å². The lowest BCUT2D eigenvalue weighted by Crippen LogP contribution is -2.65. The van der Waals surface area contributed by atoms with Gasteiger partial charge in [-0.25, -0.2) is 0 Å². The van der Waals surface area contributed by atoms with E-state index in [0.717, 1.165) is 49.0 Å². The number of nitrogens with zero attached hydrogens (tertiary/aromatic N) is 2. The number of fused-ring (bicyclic) bond motifs is 5. The van der Waals surface area contributed by atoms with E-state index in [1.807, 2.05) is 11.0 Å². The molecule has 1 aromatic carbocycles. The standard InChI is InChI=1S/C22H27N3O2/c1-21(2)18-12-14-15(7-5-9-17(14)26)22(21,3)10-11-25(18)20(27)19-13-6-4-8-16(13)23-24-19/h5,7,9,18,26H,4,6,8,10-12H2,1-3H3,(H,23,24)/t18-,22-/m0/s1. The first-order chi connectivity index (χ1) is 12.8. The van der Waals surface area contributed by atoms with Crippen molar-refractivity contribution < 1.29 is 9.90 Å². The number of piperidine rings is 1. The Balaban J connectivity index is 1.58. The molecular weight excluding hydrogens is 338 g/mol. The molecule has 0 saturated carbocycles. The second-order valence-electron chi connectivity index (χ2n) is 9.21. The van der Waals surface area contributed by atoms with E-state index in [4.69, 9.17) is 0 Å². The van der Waals surface area contributed by atoms with Crippen molar-refractivity contribution >= 4 is 5.91 Å². The summed E-state index contributed by atoms with van der Waals surface area (Å²) in [6, 6.07) is 5.92. The van der Waals surface area contributed by atoms with Gasteiger partial charge >= 0.3 is 0 Å². The number of hydrogen-bond donors (Lipinski definition) is 2. The zero-order chi connectivity index (χ0) is 19.0. The van der Waals surface area contributed by atoms with Crippen molar-refractivity contribution in [3.8, 4) is 5.75 Å². The molecule has 0 spiro atoms. The first kappa shape index (κ1) is 16.8. The van der Waals surface area contributed by atoms with Crippen molar-refractivity contribution in [2.75, 3.05) is 6.54 Å². The number of likely N-dealkylation sites (tertiary alicyclic amines) is 1. The summed E-state index contributed by atoms with van der Waals surface area (Å²) >= 11 is 0. The molecule has 27 heavy (non-hydrogen) atoms. The molecule has 5 heteroatoms. The molecule has 1 aliphatic heterocycles. The van der Waals surface area contributed by atoms with Crippen LogP contribution in [-0.4, -0.2) is 38.7 Å². The van der Waals surface area contributed by atoms with E-state index in [0.29, 0.717) is 17.9 Å². The fourth-order valence-electron chi connectivity index (χ4n) is 5.80. The van der Waals surface area contributed by atoms with Gasteiger partial charge in [-0.2, -0.15) is 5.10 Å². The van der Waals surface area contributed by atoms with Gasteiger partial charge in [-0.3, -0.25) is 9.89 Å². The van der Waals surface area contributed by atoms with Crippen LogP contribution < -0.4 is 0 Å². The maximum absolute atomic E-state index is 13.5. The predicted molar refractivity (Wildman–Crippen MR) is 103 cm³/mol. The molecule has 1 saturated heterocycles. The average Bonchev–Trinajstić information content (AvgIpc) is 3.22. The molecule has 2 atom stereocenters. The Kier molecular flexibility index (Phi) is 3.35. The van der Waals surface area contributed by atoms with Crippen LogP contribution in [0.1, 0.15) is 66.5 Å². The number of aromatic hydroxyl groups is 1. The number of benzene rings is 1. The smallest absolute Gasteiger partial charge is 0.274 e. The highest BCUT2D eigenvalue weighted by Crippen LogP contribution is 2.57. The van der Waals surface area contributed by atoms with Crippen LogP contribution in [0.15, 0.2) is 18.2 Å². The van der Waals surface area contributed by atoms with Crippen LogP contribution >= 0.6 is 0 Å². The SMILES string of the molecule is CC1(C)[C@@H]2Cc3c(O)cccc3[C@]1(C)CCN2C(=O)c1n[nH]c2c1CCC2. The zero-order valence-electron chi connectivity index (χ0n) is 16.3. The number of hydrogen-bond acceptors (Lipinski definition) is 3. The van der Waals surface area contributed by atoms with Crippen LogP contribution in [0.5, 0.6) is 5.75 Å². The molecule has 0 unspecified atom stereocenters. The Morgan fingerprint density at radius 1 is 1.26 bits per heavy atom. The monoisotopic (exact) mass is 365 g/mol. The summed E-state index contributed by atoms with van der Waals surface area (Å²) in [5, 5.41) is 18.0. The predicted octanol–water partition coefficient (Wildman–Crippen LogP) is 3.36. The molecule has 1 fully saturated rings. The van der Waals surface area contributed by atoms with E-state index in [1.54, 1.807) is 6.07 Å². The summed E-state index contributed by atoms with van der Waals surface area (Å²) in [5.41, 5.74) is 4.97. The van der Waals surface area contributed by atoms with Crippen molar-refractivity contribution in [2.24, 2.45) is 5.41 Å². The van der Waals surface area contributed by atoms with Gasteiger partial charge in [-0.15, -0.1) is 0 Å². The van der Waals surface area contributed by atoms with Gasteiger partial charge in [0.15, 0.2) is 5.69 Å². The fraction of sp³-hybridized carbons (Fsp3) is 0.545. The number of aryl methyl sites for hydroxylation is 1. The minimum absolute atomic E-state index is 0.0494. The number of phenols is 1. The molecule has 1 amide bonds. The number of amides is 1. The Morgan fingerprint density at radius 2 is 2.07 bits per heavy atom. The summed E-state index contributed by atoms with van der Waals surface area (Å²) in [7, 11) is 0. The van der Waals surface area contributed by atoms with E-state index in [2.05, 4.69) is 37.0 Å². The molecular formula is C22H27N3O2. The highest BCUT2D eigenvalue weighted by Gasteiger charge is 2.57. The highest BCUT2D eigenvalue weighted by atomic mass is 16.3. The van der Waals surface area contributed by atoms with Crippen LogP contribution in [0.2, 0.25) is 0 Å². The molecule has 3 aliphatic rings. The quantitative estimate of drug-likeness (QED) is 0.814. The van der Waals surface area contributed by atoms with E-state index in [1.165, 1.54) is 5.56 Å².